The van der Waals surface area contributed by atoms with Gasteiger partial charge in [0.2, 0.25) is 0 Å². The van der Waals surface area contributed by atoms with Crippen LogP contribution in [0.3, 0.4) is 0 Å². The molecule has 0 aromatic rings. The minimum atomic E-state index is -0.664. The maximum absolute atomic E-state index is 10.8. The van der Waals surface area contributed by atoms with Gasteiger partial charge in [0.15, 0.2) is 0 Å². The number of unbranched alkanes of at least 4 members (excludes halogenated alkanes) is 2. The Morgan fingerprint density at radius 2 is 2.36 bits per heavy atom. The van der Waals surface area contributed by atoms with Crippen LogP contribution in [0.1, 0.15) is 39.5 Å². The minimum Gasteiger partial charge on any atom is -0.413 e. The number of rotatable bonds is 5. The van der Waals surface area contributed by atoms with Gasteiger partial charge in [-0.15, -0.1) is 0 Å². The van der Waals surface area contributed by atoms with Gasteiger partial charge in [-0.2, -0.15) is 0 Å². The summed E-state index contributed by atoms with van der Waals surface area (Å²) >= 11 is -0.664. The minimum absolute atomic E-state index is 0.166. The van der Waals surface area contributed by atoms with Gasteiger partial charge in [0.05, 0.1) is 11.6 Å². The molecule has 3 nitrogen and oxygen atoms in total. The molecule has 1 unspecified atom stereocenters. The molecular formula is C10H19NO2S. The molecule has 0 aromatic carbocycles. The van der Waals surface area contributed by atoms with Crippen LogP contribution in [0.4, 0.5) is 0 Å². The maximum atomic E-state index is 10.8. The zero-order chi connectivity index (χ0) is 10.4. The molecule has 4 heteroatoms. The fourth-order valence-electron chi connectivity index (χ4n) is 1.47. The van der Waals surface area contributed by atoms with E-state index in [4.69, 9.17) is 4.18 Å². The third kappa shape index (κ3) is 3.70. The summed E-state index contributed by atoms with van der Waals surface area (Å²) in [5, 5.41) is 1.16. The fraction of sp³-hybridized carbons (Fsp3) is 0.800. The molecule has 0 saturated carbocycles. The Labute approximate surface area is 88.5 Å². The summed E-state index contributed by atoms with van der Waals surface area (Å²) in [5.74, 6) is 0.775. The standard InChI is InChI=1S/C10H19NO2S/c1-3-4-5-6-10-11-7-8-14(10)13-9(2)12/h14H,3-8H2,1-2H3. The summed E-state index contributed by atoms with van der Waals surface area (Å²) < 4.78 is 5.25. The van der Waals surface area contributed by atoms with Crippen molar-refractivity contribution >= 4 is 22.2 Å². The van der Waals surface area contributed by atoms with E-state index in [-0.39, 0.29) is 5.97 Å². The maximum Gasteiger partial charge on any atom is 0.313 e. The molecule has 1 aliphatic rings. The van der Waals surface area contributed by atoms with Gasteiger partial charge >= 0.3 is 5.97 Å². The number of hydrogen-bond donors (Lipinski definition) is 1. The summed E-state index contributed by atoms with van der Waals surface area (Å²) in [7, 11) is 0. The molecule has 0 aliphatic carbocycles. The molecule has 0 saturated heterocycles. The molecule has 1 aliphatic heterocycles. The Hall–Kier alpha value is -0.510. The van der Waals surface area contributed by atoms with Crippen molar-refractivity contribution in [2.75, 3.05) is 12.3 Å². The van der Waals surface area contributed by atoms with Crippen LogP contribution in [0.15, 0.2) is 4.99 Å². The largest absolute Gasteiger partial charge is 0.413 e. The van der Waals surface area contributed by atoms with Crippen LogP contribution < -0.4 is 0 Å². The Morgan fingerprint density at radius 3 is 3.00 bits per heavy atom. The third-order valence-corrected chi connectivity index (χ3v) is 4.15. The second-order valence-electron chi connectivity index (χ2n) is 3.44. The second-order valence-corrected chi connectivity index (χ2v) is 5.34. The van der Waals surface area contributed by atoms with Crippen LogP contribution in [0, 0.1) is 0 Å². The normalized spacial score (nSPS) is 23.3. The van der Waals surface area contributed by atoms with Crippen molar-refractivity contribution < 1.29 is 8.98 Å². The molecule has 82 valence electrons. The highest BCUT2D eigenvalue weighted by Crippen LogP contribution is 2.35. The fourth-order valence-corrected chi connectivity index (χ4v) is 3.18. The van der Waals surface area contributed by atoms with E-state index in [2.05, 4.69) is 11.9 Å². The van der Waals surface area contributed by atoms with Gasteiger partial charge in [-0.05, 0) is 12.8 Å². The quantitative estimate of drug-likeness (QED) is 0.567. The number of hydrogen-bond acceptors (Lipinski definition) is 3. The number of aliphatic imine (C=N–C) groups is 1. The molecule has 1 rings (SSSR count). The molecule has 0 bridgehead atoms. The van der Waals surface area contributed by atoms with E-state index in [1.165, 1.54) is 26.2 Å². The topological polar surface area (TPSA) is 38.7 Å². The van der Waals surface area contributed by atoms with E-state index < -0.39 is 11.2 Å². The van der Waals surface area contributed by atoms with E-state index >= 15 is 0 Å². The molecule has 0 N–H and O–H groups in total. The van der Waals surface area contributed by atoms with Crippen molar-refractivity contribution in [3.05, 3.63) is 0 Å². The van der Waals surface area contributed by atoms with Gasteiger partial charge in [0.25, 0.3) is 0 Å². The zero-order valence-electron chi connectivity index (χ0n) is 8.95. The molecule has 14 heavy (non-hydrogen) atoms. The van der Waals surface area contributed by atoms with E-state index in [1.54, 1.807) is 0 Å². The first-order valence-corrected chi connectivity index (χ1v) is 6.68. The highest BCUT2D eigenvalue weighted by atomic mass is 32.2. The first kappa shape index (κ1) is 11.6. The van der Waals surface area contributed by atoms with Gasteiger partial charge in [0, 0.05) is 12.7 Å². The van der Waals surface area contributed by atoms with Crippen LogP contribution in [-0.2, 0) is 8.98 Å². The van der Waals surface area contributed by atoms with E-state index in [0.29, 0.717) is 0 Å². The number of carbonyl (C=O) groups excluding carboxylic acids is 1. The highest BCUT2D eigenvalue weighted by Gasteiger charge is 2.19. The molecule has 0 amide bonds. The van der Waals surface area contributed by atoms with Crippen molar-refractivity contribution in [3.63, 3.8) is 0 Å². The van der Waals surface area contributed by atoms with Gasteiger partial charge in [0.1, 0.15) is 0 Å². The predicted molar refractivity (Wildman–Crippen MR) is 62.1 cm³/mol. The Kier molecular flexibility index (Phi) is 5.01. The number of nitrogens with zero attached hydrogens (tertiary/aromatic N) is 1. The summed E-state index contributed by atoms with van der Waals surface area (Å²) in [5.41, 5.74) is 0. The molecular weight excluding hydrogens is 198 g/mol. The molecule has 0 radical (unpaired) electrons. The lowest BCUT2D eigenvalue weighted by Crippen LogP contribution is -2.04. The lowest BCUT2D eigenvalue weighted by molar-refractivity contribution is -0.130. The molecule has 1 heterocycles. The van der Waals surface area contributed by atoms with E-state index in [0.717, 1.165) is 23.8 Å². The molecule has 0 fully saturated rings. The predicted octanol–water partition coefficient (Wildman–Crippen LogP) is 2.46. The smallest absolute Gasteiger partial charge is 0.313 e. The second kappa shape index (κ2) is 6.06. The third-order valence-electron chi connectivity index (χ3n) is 2.13. The molecule has 0 spiro atoms. The Morgan fingerprint density at radius 1 is 1.57 bits per heavy atom. The van der Waals surface area contributed by atoms with Crippen LogP contribution in [0.2, 0.25) is 0 Å². The van der Waals surface area contributed by atoms with Gasteiger partial charge < -0.3 is 4.18 Å². The Bertz CT molecular complexity index is 228. The number of carbonyl (C=O) groups is 1. The van der Waals surface area contributed by atoms with Crippen molar-refractivity contribution in [1.82, 2.24) is 0 Å². The summed E-state index contributed by atoms with van der Waals surface area (Å²) in [4.78, 5) is 15.2. The van der Waals surface area contributed by atoms with Crippen molar-refractivity contribution in [2.45, 2.75) is 39.5 Å². The van der Waals surface area contributed by atoms with Crippen LogP contribution in [-0.4, -0.2) is 23.3 Å². The average molecular weight is 217 g/mol. The van der Waals surface area contributed by atoms with Crippen LogP contribution >= 0.6 is 11.2 Å². The lowest BCUT2D eigenvalue weighted by atomic mass is 10.2. The summed E-state index contributed by atoms with van der Waals surface area (Å²) in [6.45, 7) is 4.51. The summed E-state index contributed by atoms with van der Waals surface area (Å²) in [6, 6.07) is 0. The van der Waals surface area contributed by atoms with Gasteiger partial charge in [-0.1, -0.05) is 30.9 Å². The molecule has 1 atom stereocenters. The zero-order valence-corrected chi connectivity index (χ0v) is 9.85. The molecule has 0 aromatic heterocycles. The van der Waals surface area contributed by atoms with Crippen molar-refractivity contribution in [3.8, 4) is 0 Å². The first-order chi connectivity index (χ1) is 6.74. The number of thiol groups is 1. The van der Waals surface area contributed by atoms with Crippen LogP contribution in [0.25, 0.3) is 0 Å². The first-order valence-electron chi connectivity index (χ1n) is 5.23. The monoisotopic (exact) mass is 217 g/mol. The summed E-state index contributed by atoms with van der Waals surface area (Å²) in [6.07, 6.45) is 4.66. The lowest BCUT2D eigenvalue weighted by Gasteiger charge is -2.16. The average Bonchev–Trinajstić information content (AvgIpc) is 2.52. The van der Waals surface area contributed by atoms with Crippen molar-refractivity contribution in [1.29, 1.82) is 0 Å². The van der Waals surface area contributed by atoms with E-state index in [9.17, 15) is 4.79 Å². The van der Waals surface area contributed by atoms with Gasteiger partial charge in [-0.25, -0.2) is 0 Å². The van der Waals surface area contributed by atoms with Crippen LogP contribution in [0.5, 0.6) is 0 Å². The Balaban J connectivity index is 2.31. The highest BCUT2D eigenvalue weighted by molar-refractivity contribution is 8.26. The SMILES string of the molecule is CCCCCC1=NCC[SH]1OC(C)=O. The van der Waals surface area contributed by atoms with Gasteiger partial charge in [-0.3, -0.25) is 9.79 Å². The van der Waals surface area contributed by atoms with Crippen molar-refractivity contribution in [2.24, 2.45) is 4.99 Å². The van der Waals surface area contributed by atoms with E-state index in [1.807, 2.05) is 0 Å².